The van der Waals surface area contributed by atoms with Crippen LogP contribution in [0.3, 0.4) is 0 Å². The third kappa shape index (κ3) is 3.05. The third-order valence-electron chi connectivity index (χ3n) is 3.35. The summed E-state index contributed by atoms with van der Waals surface area (Å²) in [5.74, 6) is 0.994. The van der Waals surface area contributed by atoms with Crippen molar-refractivity contribution in [2.75, 3.05) is 24.6 Å². The number of anilines is 1. The molecule has 2 heterocycles. The Balaban J connectivity index is 1.80. The van der Waals surface area contributed by atoms with Crippen LogP contribution in [0.1, 0.15) is 11.7 Å². The summed E-state index contributed by atoms with van der Waals surface area (Å²) < 4.78 is 8.00. The molecule has 1 aliphatic heterocycles. The fraction of sp³-hybridized carbons (Fsp3) is 0.267. The van der Waals surface area contributed by atoms with Crippen molar-refractivity contribution in [1.82, 2.24) is 4.98 Å². The lowest BCUT2D eigenvalue weighted by Gasteiger charge is -2.34. The van der Waals surface area contributed by atoms with Gasteiger partial charge in [0.05, 0.1) is 6.61 Å². The lowest BCUT2D eigenvalue weighted by Crippen LogP contribution is -2.38. The van der Waals surface area contributed by atoms with Crippen LogP contribution in [-0.4, -0.2) is 24.7 Å². The zero-order valence-corrected chi connectivity index (χ0v) is 14.0. The number of hydrogen-bond donors (Lipinski definition) is 0. The molecule has 1 aromatic carbocycles. The molecule has 3 nitrogen and oxygen atoms in total. The number of benzene rings is 1. The van der Waals surface area contributed by atoms with Crippen LogP contribution in [0.25, 0.3) is 0 Å². The van der Waals surface area contributed by atoms with Crippen molar-refractivity contribution in [3.63, 3.8) is 0 Å². The molecule has 0 amide bonds. The quantitative estimate of drug-likeness (QED) is 0.759. The summed E-state index contributed by atoms with van der Waals surface area (Å²) in [4.78, 5) is 6.73. The minimum atomic E-state index is 0.0739. The Labute approximate surface area is 135 Å². The summed E-state index contributed by atoms with van der Waals surface area (Å²) in [6.45, 7) is 2.40. The number of nitrogens with zero attached hydrogens (tertiary/aromatic N) is 2. The fourth-order valence-electron chi connectivity index (χ4n) is 2.34. The van der Waals surface area contributed by atoms with E-state index in [1.54, 1.807) is 0 Å². The monoisotopic (exact) mass is 396 g/mol. The molecule has 1 aliphatic rings. The first-order valence-electron chi connectivity index (χ1n) is 6.46. The molecule has 1 atom stereocenters. The zero-order valence-electron chi connectivity index (χ0n) is 10.8. The molecule has 2 aromatic rings. The topological polar surface area (TPSA) is 25.4 Å². The van der Waals surface area contributed by atoms with Crippen LogP contribution >= 0.6 is 31.9 Å². The molecule has 5 heteroatoms. The first-order valence-corrected chi connectivity index (χ1v) is 8.05. The van der Waals surface area contributed by atoms with E-state index in [1.165, 1.54) is 5.56 Å². The summed E-state index contributed by atoms with van der Waals surface area (Å²) in [5.41, 5.74) is 1.19. The van der Waals surface area contributed by atoms with E-state index in [2.05, 4.69) is 53.9 Å². The van der Waals surface area contributed by atoms with Crippen LogP contribution in [0.4, 0.5) is 5.82 Å². The molecule has 0 bridgehead atoms. The first-order chi connectivity index (χ1) is 9.74. The number of hydrogen-bond acceptors (Lipinski definition) is 3. The van der Waals surface area contributed by atoms with E-state index in [0.29, 0.717) is 6.61 Å². The maximum absolute atomic E-state index is 5.91. The number of ether oxygens (including phenoxy) is 1. The van der Waals surface area contributed by atoms with Gasteiger partial charge in [0.2, 0.25) is 0 Å². The minimum Gasteiger partial charge on any atom is -0.370 e. The first kappa shape index (κ1) is 14.0. The van der Waals surface area contributed by atoms with E-state index in [1.807, 2.05) is 30.5 Å². The molecular formula is C15H14Br2N2O. The van der Waals surface area contributed by atoms with Crippen molar-refractivity contribution < 1.29 is 4.74 Å². The van der Waals surface area contributed by atoms with Gasteiger partial charge in [0.25, 0.3) is 0 Å². The Hall–Kier alpha value is -0.910. The van der Waals surface area contributed by atoms with Gasteiger partial charge in [-0.15, -0.1) is 0 Å². The van der Waals surface area contributed by atoms with E-state index in [0.717, 1.165) is 27.9 Å². The van der Waals surface area contributed by atoms with Gasteiger partial charge in [-0.2, -0.15) is 0 Å². The van der Waals surface area contributed by atoms with E-state index < -0.39 is 0 Å². The third-order valence-corrected chi connectivity index (χ3v) is 4.55. The van der Waals surface area contributed by atoms with E-state index >= 15 is 0 Å². The van der Waals surface area contributed by atoms with Gasteiger partial charge in [-0.25, -0.2) is 4.98 Å². The fourth-order valence-corrected chi connectivity index (χ4v) is 3.11. The molecule has 0 radical (unpaired) electrons. The Bertz CT molecular complexity index is 589. The van der Waals surface area contributed by atoms with Gasteiger partial charge in [0.1, 0.15) is 11.9 Å². The molecule has 0 saturated carbocycles. The Kier molecular flexibility index (Phi) is 4.38. The number of rotatable bonds is 2. The number of aromatic nitrogens is 1. The maximum atomic E-state index is 5.91. The summed E-state index contributed by atoms with van der Waals surface area (Å²) >= 11 is 7.01. The highest BCUT2D eigenvalue weighted by molar-refractivity contribution is 9.10. The van der Waals surface area contributed by atoms with Gasteiger partial charge in [-0.3, -0.25) is 0 Å². The van der Waals surface area contributed by atoms with E-state index in [4.69, 9.17) is 4.74 Å². The standard InChI is InChI=1S/C15H14Br2N2O/c16-11-5-6-15(18-9-11)19-7-8-20-14(10-19)12-3-1-2-4-13(12)17/h1-6,9,14H,7-8,10H2. The summed E-state index contributed by atoms with van der Waals surface area (Å²) in [6.07, 6.45) is 1.91. The molecule has 1 fully saturated rings. The Morgan fingerprint density at radius 3 is 2.75 bits per heavy atom. The van der Waals surface area contributed by atoms with Crippen LogP contribution in [0.5, 0.6) is 0 Å². The second-order valence-corrected chi connectivity index (χ2v) is 6.43. The van der Waals surface area contributed by atoms with Gasteiger partial charge < -0.3 is 9.64 Å². The van der Waals surface area contributed by atoms with Crippen molar-refractivity contribution in [1.29, 1.82) is 0 Å². The molecule has 0 N–H and O–H groups in total. The van der Waals surface area contributed by atoms with Gasteiger partial charge in [-0.05, 0) is 39.7 Å². The molecule has 1 unspecified atom stereocenters. The van der Waals surface area contributed by atoms with Crippen LogP contribution in [0, 0.1) is 0 Å². The normalized spacial score (nSPS) is 19.1. The second kappa shape index (κ2) is 6.24. The second-order valence-electron chi connectivity index (χ2n) is 4.66. The van der Waals surface area contributed by atoms with Crippen LogP contribution in [0.15, 0.2) is 51.5 Å². The number of pyridine rings is 1. The average Bonchev–Trinajstić information content (AvgIpc) is 2.49. The zero-order chi connectivity index (χ0) is 13.9. The molecule has 1 aromatic heterocycles. The minimum absolute atomic E-state index is 0.0739. The summed E-state index contributed by atoms with van der Waals surface area (Å²) in [6, 6.07) is 12.3. The summed E-state index contributed by atoms with van der Waals surface area (Å²) in [7, 11) is 0. The van der Waals surface area contributed by atoms with Crippen molar-refractivity contribution in [2.24, 2.45) is 0 Å². The molecular weight excluding hydrogens is 384 g/mol. The van der Waals surface area contributed by atoms with E-state index in [-0.39, 0.29) is 6.10 Å². The van der Waals surface area contributed by atoms with Gasteiger partial charge >= 0.3 is 0 Å². The van der Waals surface area contributed by atoms with Crippen LogP contribution in [-0.2, 0) is 4.74 Å². The molecule has 0 aliphatic carbocycles. The van der Waals surface area contributed by atoms with Crippen molar-refractivity contribution in [2.45, 2.75) is 6.10 Å². The van der Waals surface area contributed by atoms with Crippen molar-refractivity contribution in [3.8, 4) is 0 Å². The van der Waals surface area contributed by atoms with Gasteiger partial charge in [0, 0.05) is 28.2 Å². The van der Waals surface area contributed by atoms with Crippen LogP contribution < -0.4 is 4.90 Å². The highest BCUT2D eigenvalue weighted by atomic mass is 79.9. The Morgan fingerprint density at radius 2 is 2.00 bits per heavy atom. The molecule has 20 heavy (non-hydrogen) atoms. The molecule has 104 valence electrons. The van der Waals surface area contributed by atoms with Crippen LogP contribution in [0.2, 0.25) is 0 Å². The van der Waals surface area contributed by atoms with Crippen molar-refractivity contribution >= 4 is 37.7 Å². The SMILES string of the molecule is Brc1ccc(N2CCOC(c3ccccc3Br)C2)nc1. The predicted octanol–water partition coefficient (Wildman–Crippen LogP) is 4.18. The smallest absolute Gasteiger partial charge is 0.128 e. The Morgan fingerprint density at radius 1 is 1.15 bits per heavy atom. The van der Waals surface area contributed by atoms with Gasteiger partial charge in [0.15, 0.2) is 0 Å². The lowest BCUT2D eigenvalue weighted by molar-refractivity contribution is 0.0391. The molecule has 3 rings (SSSR count). The number of morpholine rings is 1. The highest BCUT2D eigenvalue weighted by Crippen LogP contribution is 2.30. The highest BCUT2D eigenvalue weighted by Gasteiger charge is 2.24. The summed E-state index contributed by atoms with van der Waals surface area (Å²) in [5, 5.41) is 0. The van der Waals surface area contributed by atoms with Crippen molar-refractivity contribution in [3.05, 3.63) is 57.1 Å². The molecule has 0 spiro atoms. The lowest BCUT2D eigenvalue weighted by atomic mass is 10.1. The molecule has 1 saturated heterocycles. The average molecular weight is 398 g/mol. The predicted molar refractivity (Wildman–Crippen MR) is 87.0 cm³/mol. The maximum Gasteiger partial charge on any atom is 0.128 e. The largest absolute Gasteiger partial charge is 0.370 e. The number of halogens is 2. The van der Waals surface area contributed by atoms with E-state index in [9.17, 15) is 0 Å². The van der Waals surface area contributed by atoms with Gasteiger partial charge in [-0.1, -0.05) is 34.1 Å².